The number of halogens is 3. The number of carbonyl (C=O) groups excluding carboxylic acids is 1. The van der Waals surface area contributed by atoms with E-state index in [1.165, 1.54) is 11.0 Å². The molecule has 1 amide bonds. The largest absolute Gasteiger partial charge is 0.416 e. The van der Waals surface area contributed by atoms with Crippen LogP contribution in [0.15, 0.2) is 42.6 Å². The van der Waals surface area contributed by atoms with Gasteiger partial charge in [0.2, 0.25) is 0 Å². The van der Waals surface area contributed by atoms with Crippen molar-refractivity contribution in [3.05, 3.63) is 70.7 Å². The second kappa shape index (κ2) is 6.48. The first-order valence-electron chi connectivity index (χ1n) is 8.04. The monoisotopic (exact) mass is 361 g/mol. The molecule has 0 spiro atoms. The van der Waals surface area contributed by atoms with Gasteiger partial charge < -0.3 is 4.90 Å². The van der Waals surface area contributed by atoms with Crippen LogP contribution >= 0.6 is 0 Å². The molecule has 2 aromatic heterocycles. The second-order valence-corrected chi connectivity index (χ2v) is 6.34. The summed E-state index contributed by atoms with van der Waals surface area (Å²) in [6, 6.07) is 8.74. The smallest absolute Gasteiger partial charge is 0.336 e. The average Bonchev–Trinajstić information content (AvgIpc) is 2.88. The van der Waals surface area contributed by atoms with Gasteiger partial charge in [-0.1, -0.05) is 12.1 Å². The van der Waals surface area contributed by atoms with Crippen molar-refractivity contribution in [1.29, 1.82) is 0 Å². The summed E-state index contributed by atoms with van der Waals surface area (Å²) in [4.78, 5) is 18.6. The molecule has 26 heavy (non-hydrogen) atoms. The Morgan fingerprint density at radius 3 is 2.62 bits per heavy atom. The van der Waals surface area contributed by atoms with Gasteiger partial charge in [-0.3, -0.25) is 9.20 Å². The molecule has 0 unspecified atom stereocenters. The molecule has 7 heteroatoms. The number of imidazole rings is 1. The van der Waals surface area contributed by atoms with Crippen molar-refractivity contribution in [3.8, 4) is 0 Å². The summed E-state index contributed by atoms with van der Waals surface area (Å²) in [5.74, 6) is -0.295. The predicted octanol–water partition coefficient (Wildman–Crippen LogP) is 4.24. The van der Waals surface area contributed by atoms with E-state index < -0.39 is 11.7 Å². The number of fused-ring (bicyclic) bond motifs is 1. The first-order valence-corrected chi connectivity index (χ1v) is 8.04. The van der Waals surface area contributed by atoms with Gasteiger partial charge in [0.15, 0.2) is 0 Å². The van der Waals surface area contributed by atoms with Crippen molar-refractivity contribution in [2.75, 3.05) is 7.05 Å². The quantitative estimate of drug-likeness (QED) is 0.700. The fourth-order valence-electron chi connectivity index (χ4n) is 2.89. The van der Waals surface area contributed by atoms with Gasteiger partial charge in [0, 0.05) is 19.8 Å². The number of alkyl halides is 3. The van der Waals surface area contributed by atoms with Gasteiger partial charge in [0.1, 0.15) is 11.3 Å². The van der Waals surface area contributed by atoms with Gasteiger partial charge in [-0.15, -0.1) is 0 Å². The van der Waals surface area contributed by atoms with Crippen LogP contribution in [0.2, 0.25) is 0 Å². The molecule has 0 saturated heterocycles. The van der Waals surface area contributed by atoms with Crippen molar-refractivity contribution in [3.63, 3.8) is 0 Å². The van der Waals surface area contributed by atoms with Gasteiger partial charge in [-0.05, 0) is 49.2 Å². The third-order valence-electron chi connectivity index (χ3n) is 4.18. The summed E-state index contributed by atoms with van der Waals surface area (Å²) in [6.07, 6.45) is -2.63. The van der Waals surface area contributed by atoms with E-state index in [9.17, 15) is 18.0 Å². The lowest BCUT2D eigenvalue weighted by Crippen LogP contribution is -2.28. The SMILES string of the molecule is Cc1ccn2c(C(=O)N(C)Cc3cccc(C(F)(F)F)c3)c(C)nc2c1. The Morgan fingerprint density at radius 2 is 1.92 bits per heavy atom. The zero-order chi connectivity index (χ0) is 19.1. The highest BCUT2D eigenvalue weighted by molar-refractivity contribution is 5.94. The molecular formula is C19H18F3N3O. The lowest BCUT2D eigenvalue weighted by molar-refractivity contribution is -0.137. The summed E-state index contributed by atoms with van der Waals surface area (Å²) >= 11 is 0. The molecule has 0 radical (unpaired) electrons. The highest BCUT2D eigenvalue weighted by Crippen LogP contribution is 2.29. The summed E-state index contributed by atoms with van der Waals surface area (Å²) in [5.41, 5.74) is 2.37. The van der Waals surface area contributed by atoms with E-state index in [-0.39, 0.29) is 12.5 Å². The minimum absolute atomic E-state index is 0.0707. The molecule has 136 valence electrons. The third kappa shape index (κ3) is 3.42. The van der Waals surface area contributed by atoms with E-state index in [1.807, 2.05) is 19.1 Å². The van der Waals surface area contributed by atoms with E-state index >= 15 is 0 Å². The highest BCUT2D eigenvalue weighted by Gasteiger charge is 2.30. The number of aryl methyl sites for hydroxylation is 2. The molecule has 0 saturated carbocycles. The molecule has 0 N–H and O–H groups in total. The number of amides is 1. The normalized spacial score (nSPS) is 11.8. The van der Waals surface area contributed by atoms with Gasteiger partial charge in [0.05, 0.1) is 11.3 Å². The van der Waals surface area contributed by atoms with Gasteiger partial charge in [-0.2, -0.15) is 13.2 Å². The molecule has 3 aromatic rings. The maximum Gasteiger partial charge on any atom is 0.416 e. The summed E-state index contributed by atoms with van der Waals surface area (Å²) in [5, 5.41) is 0. The minimum atomic E-state index is -4.41. The van der Waals surface area contributed by atoms with Crippen LogP contribution in [0.1, 0.15) is 32.9 Å². The van der Waals surface area contributed by atoms with Crippen LogP contribution in [0, 0.1) is 13.8 Å². The van der Waals surface area contributed by atoms with E-state index in [4.69, 9.17) is 0 Å². The first kappa shape index (κ1) is 18.0. The van der Waals surface area contributed by atoms with Crippen molar-refractivity contribution >= 4 is 11.6 Å². The Kier molecular flexibility index (Phi) is 4.48. The standard InChI is InChI=1S/C19H18F3N3O/c1-12-7-8-25-16(9-12)23-13(2)17(25)18(26)24(3)11-14-5-4-6-15(10-14)19(20,21)22/h4-10H,11H2,1-3H3. The summed E-state index contributed by atoms with van der Waals surface area (Å²) < 4.78 is 40.3. The molecule has 0 atom stereocenters. The molecule has 0 aliphatic carbocycles. The van der Waals surface area contributed by atoms with Crippen LogP contribution in [0.4, 0.5) is 13.2 Å². The molecule has 4 nitrogen and oxygen atoms in total. The zero-order valence-electron chi connectivity index (χ0n) is 14.6. The Labute approximate surface area is 148 Å². The minimum Gasteiger partial charge on any atom is -0.336 e. The maximum atomic E-state index is 12.9. The first-order chi connectivity index (χ1) is 12.2. The Bertz CT molecular complexity index is 976. The molecule has 0 fully saturated rings. The Morgan fingerprint density at radius 1 is 1.19 bits per heavy atom. The number of hydrogen-bond acceptors (Lipinski definition) is 2. The number of rotatable bonds is 3. The third-order valence-corrected chi connectivity index (χ3v) is 4.18. The van der Waals surface area contributed by atoms with Crippen LogP contribution in [-0.4, -0.2) is 27.2 Å². The molecule has 1 aromatic carbocycles. The van der Waals surface area contributed by atoms with E-state index in [0.717, 1.165) is 17.7 Å². The fraction of sp³-hybridized carbons (Fsp3) is 0.263. The number of carbonyl (C=O) groups is 1. The van der Waals surface area contributed by atoms with Crippen molar-refractivity contribution in [2.45, 2.75) is 26.6 Å². The van der Waals surface area contributed by atoms with Crippen LogP contribution < -0.4 is 0 Å². The number of hydrogen-bond donors (Lipinski definition) is 0. The van der Waals surface area contributed by atoms with Crippen molar-refractivity contribution in [2.24, 2.45) is 0 Å². The van der Waals surface area contributed by atoms with Crippen LogP contribution in [0.3, 0.4) is 0 Å². The van der Waals surface area contributed by atoms with E-state index in [2.05, 4.69) is 4.98 Å². The Balaban J connectivity index is 1.88. The van der Waals surface area contributed by atoms with Crippen LogP contribution in [-0.2, 0) is 12.7 Å². The number of aromatic nitrogens is 2. The number of nitrogens with zero attached hydrogens (tertiary/aromatic N) is 3. The topological polar surface area (TPSA) is 37.6 Å². The van der Waals surface area contributed by atoms with Gasteiger partial charge >= 0.3 is 6.18 Å². The van der Waals surface area contributed by atoms with E-state index in [0.29, 0.717) is 22.6 Å². The number of pyridine rings is 1. The maximum absolute atomic E-state index is 12.9. The summed E-state index contributed by atoms with van der Waals surface area (Å²) in [7, 11) is 1.57. The van der Waals surface area contributed by atoms with Crippen LogP contribution in [0.25, 0.3) is 5.65 Å². The lowest BCUT2D eigenvalue weighted by Gasteiger charge is -2.18. The van der Waals surface area contributed by atoms with Crippen LogP contribution in [0.5, 0.6) is 0 Å². The van der Waals surface area contributed by atoms with Crippen molar-refractivity contribution in [1.82, 2.24) is 14.3 Å². The number of benzene rings is 1. The molecular weight excluding hydrogens is 343 g/mol. The molecule has 0 aliphatic rings. The van der Waals surface area contributed by atoms with Gasteiger partial charge in [0.25, 0.3) is 5.91 Å². The fourth-order valence-corrected chi connectivity index (χ4v) is 2.89. The molecule has 0 bridgehead atoms. The molecule has 2 heterocycles. The van der Waals surface area contributed by atoms with E-state index in [1.54, 1.807) is 30.6 Å². The predicted molar refractivity (Wildman–Crippen MR) is 91.9 cm³/mol. The zero-order valence-corrected chi connectivity index (χ0v) is 14.6. The van der Waals surface area contributed by atoms with Crippen molar-refractivity contribution < 1.29 is 18.0 Å². The lowest BCUT2D eigenvalue weighted by atomic mass is 10.1. The summed E-state index contributed by atoms with van der Waals surface area (Å²) in [6.45, 7) is 3.75. The van der Waals surface area contributed by atoms with Gasteiger partial charge in [-0.25, -0.2) is 4.98 Å². The Hall–Kier alpha value is -2.83. The molecule has 0 aliphatic heterocycles. The molecule has 3 rings (SSSR count). The average molecular weight is 361 g/mol. The second-order valence-electron chi connectivity index (χ2n) is 6.34. The highest BCUT2D eigenvalue weighted by atomic mass is 19.4.